The van der Waals surface area contributed by atoms with Crippen molar-refractivity contribution in [1.82, 2.24) is 0 Å². The third kappa shape index (κ3) is 3.08. The van der Waals surface area contributed by atoms with Crippen LogP contribution in [-0.2, 0) is 0 Å². The van der Waals surface area contributed by atoms with E-state index in [0.717, 1.165) is 6.92 Å². The first-order valence-corrected chi connectivity index (χ1v) is 3.32. The first-order valence-electron chi connectivity index (χ1n) is 3.32. The zero-order valence-corrected chi connectivity index (χ0v) is 6.04. The van der Waals surface area contributed by atoms with Gasteiger partial charge in [-0.05, 0) is 13.3 Å². The third-order valence-corrected chi connectivity index (χ3v) is 1.34. The van der Waals surface area contributed by atoms with Gasteiger partial charge in [-0.1, -0.05) is 13.3 Å². The molecule has 0 heterocycles. The highest BCUT2D eigenvalue weighted by Crippen LogP contribution is 2.26. The van der Waals surface area contributed by atoms with Crippen LogP contribution in [-0.4, -0.2) is 12.1 Å². The highest BCUT2D eigenvalue weighted by atomic mass is 19.3. The fraction of sp³-hybridized carbons (Fsp3) is 0.857. The first kappa shape index (κ1) is 9.79. The van der Waals surface area contributed by atoms with Crippen molar-refractivity contribution in [2.45, 2.75) is 38.3 Å². The zero-order valence-electron chi connectivity index (χ0n) is 6.04. The van der Waals surface area contributed by atoms with E-state index < -0.39 is 18.5 Å². The van der Waals surface area contributed by atoms with Gasteiger partial charge in [0, 0.05) is 6.42 Å². The SMILES string of the molecule is [CH2]CCCC(F)(F)[C@H](C)F. The van der Waals surface area contributed by atoms with Gasteiger partial charge in [0.1, 0.15) is 0 Å². The molecule has 0 aliphatic rings. The molecule has 61 valence electrons. The second-order valence-electron chi connectivity index (χ2n) is 2.33. The Bertz CT molecular complexity index is 88.9. The number of hydrogen-bond donors (Lipinski definition) is 0. The van der Waals surface area contributed by atoms with Gasteiger partial charge in [0.25, 0.3) is 5.92 Å². The lowest BCUT2D eigenvalue weighted by Crippen LogP contribution is -2.26. The average molecular weight is 153 g/mol. The zero-order chi connectivity index (χ0) is 8.20. The van der Waals surface area contributed by atoms with Gasteiger partial charge in [-0.15, -0.1) is 0 Å². The van der Waals surface area contributed by atoms with Crippen molar-refractivity contribution in [1.29, 1.82) is 0 Å². The number of hydrogen-bond acceptors (Lipinski definition) is 0. The molecule has 0 spiro atoms. The summed E-state index contributed by atoms with van der Waals surface area (Å²) in [5.74, 6) is -3.16. The van der Waals surface area contributed by atoms with E-state index in [2.05, 4.69) is 6.92 Å². The molecule has 0 unspecified atom stereocenters. The van der Waals surface area contributed by atoms with Gasteiger partial charge in [-0.2, -0.15) is 0 Å². The lowest BCUT2D eigenvalue weighted by molar-refractivity contribution is -0.0722. The van der Waals surface area contributed by atoms with Crippen LogP contribution in [0.4, 0.5) is 13.2 Å². The summed E-state index contributed by atoms with van der Waals surface area (Å²) in [7, 11) is 0. The fourth-order valence-corrected chi connectivity index (χ4v) is 0.560. The van der Waals surface area contributed by atoms with Crippen molar-refractivity contribution in [2.75, 3.05) is 0 Å². The smallest absolute Gasteiger partial charge is 0.241 e. The number of alkyl halides is 3. The maximum atomic E-state index is 12.3. The first-order chi connectivity index (χ1) is 4.50. The predicted octanol–water partition coefficient (Wildman–Crippen LogP) is 2.98. The molecule has 1 radical (unpaired) electrons. The van der Waals surface area contributed by atoms with E-state index in [1.54, 1.807) is 0 Å². The lowest BCUT2D eigenvalue weighted by Gasteiger charge is -2.16. The summed E-state index contributed by atoms with van der Waals surface area (Å²) >= 11 is 0. The summed E-state index contributed by atoms with van der Waals surface area (Å²) in [5, 5.41) is 0. The molecule has 0 N–H and O–H groups in total. The van der Waals surface area contributed by atoms with E-state index in [-0.39, 0.29) is 6.42 Å². The molecule has 0 amide bonds. The van der Waals surface area contributed by atoms with E-state index in [1.807, 2.05) is 0 Å². The monoisotopic (exact) mass is 153 g/mol. The summed E-state index contributed by atoms with van der Waals surface area (Å²) in [4.78, 5) is 0. The van der Waals surface area contributed by atoms with Crippen LogP contribution in [0.25, 0.3) is 0 Å². The summed E-state index contributed by atoms with van der Waals surface area (Å²) < 4.78 is 36.7. The molecule has 0 aliphatic heterocycles. The Balaban J connectivity index is 3.63. The summed E-state index contributed by atoms with van der Waals surface area (Å²) in [6, 6.07) is 0. The maximum Gasteiger partial charge on any atom is 0.278 e. The molecule has 1 atom stereocenters. The molecule has 3 heteroatoms. The standard InChI is InChI=1S/C7H12F3/c1-3-4-5-7(9,10)6(2)8/h6H,1,3-5H2,2H3/t6-/m0/s1. The van der Waals surface area contributed by atoms with Crippen molar-refractivity contribution in [2.24, 2.45) is 0 Å². The van der Waals surface area contributed by atoms with Crippen LogP contribution in [0.3, 0.4) is 0 Å². The average Bonchev–Trinajstić information content (AvgIpc) is 1.84. The second-order valence-corrected chi connectivity index (χ2v) is 2.33. The van der Waals surface area contributed by atoms with Crippen molar-refractivity contribution in [3.05, 3.63) is 6.92 Å². The van der Waals surface area contributed by atoms with E-state index in [4.69, 9.17) is 0 Å². The molecule has 0 aliphatic carbocycles. The van der Waals surface area contributed by atoms with Crippen LogP contribution >= 0.6 is 0 Å². The molecule has 0 nitrogen and oxygen atoms in total. The summed E-state index contributed by atoms with van der Waals surface area (Å²) in [5.41, 5.74) is 0. The van der Waals surface area contributed by atoms with Gasteiger partial charge in [0.15, 0.2) is 6.17 Å². The Morgan fingerprint density at radius 2 is 2.00 bits per heavy atom. The van der Waals surface area contributed by atoms with Crippen LogP contribution in [0.15, 0.2) is 0 Å². The Kier molecular flexibility index (Phi) is 3.76. The Morgan fingerprint density at radius 3 is 2.30 bits per heavy atom. The Labute approximate surface area is 59.4 Å². The van der Waals surface area contributed by atoms with Crippen molar-refractivity contribution >= 4 is 0 Å². The Hall–Kier alpha value is -0.210. The second kappa shape index (κ2) is 3.84. The lowest BCUT2D eigenvalue weighted by atomic mass is 10.1. The summed E-state index contributed by atoms with van der Waals surface area (Å²) in [6.45, 7) is 4.27. The quantitative estimate of drug-likeness (QED) is 0.582. The third-order valence-electron chi connectivity index (χ3n) is 1.34. The number of unbranched alkanes of at least 4 members (excludes halogenated alkanes) is 1. The molecule has 0 bridgehead atoms. The van der Waals surface area contributed by atoms with Crippen LogP contribution in [0.2, 0.25) is 0 Å². The van der Waals surface area contributed by atoms with Crippen LogP contribution in [0.1, 0.15) is 26.2 Å². The van der Waals surface area contributed by atoms with E-state index in [0.29, 0.717) is 6.42 Å². The predicted molar refractivity (Wildman–Crippen MR) is 34.7 cm³/mol. The molecule has 0 aromatic rings. The van der Waals surface area contributed by atoms with Crippen molar-refractivity contribution < 1.29 is 13.2 Å². The minimum Gasteiger partial charge on any atom is -0.241 e. The number of rotatable bonds is 4. The van der Waals surface area contributed by atoms with Gasteiger partial charge in [-0.3, -0.25) is 0 Å². The molecule has 0 aromatic carbocycles. The normalized spacial score (nSPS) is 15.3. The van der Waals surface area contributed by atoms with E-state index in [1.165, 1.54) is 0 Å². The molecule has 0 fully saturated rings. The Morgan fingerprint density at radius 1 is 1.50 bits per heavy atom. The molecular weight excluding hydrogens is 141 g/mol. The van der Waals surface area contributed by atoms with Gasteiger partial charge in [0.2, 0.25) is 0 Å². The highest BCUT2D eigenvalue weighted by molar-refractivity contribution is 4.72. The molecule has 0 aromatic heterocycles. The molecule has 0 saturated carbocycles. The van der Waals surface area contributed by atoms with Crippen LogP contribution in [0, 0.1) is 6.92 Å². The minimum atomic E-state index is -3.16. The van der Waals surface area contributed by atoms with E-state index >= 15 is 0 Å². The largest absolute Gasteiger partial charge is 0.278 e. The maximum absolute atomic E-state index is 12.3. The van der Waals surface area contributed by atoms with Crippen molar-refractivity contribution in [3.8, 4) is 0 Å². The van der Waals surface area contributed by atoms with Crippen LogP contribution in [0.5, 0.6) is 0 Å². The molecule has 10 heavy (non-hydrogen) atoms. The number of halogens is 3. The molecular formula is C7H12F3. The van der Waals surface area contributed by atoms with Gasteiger partial charge in [0.05, 0.1) is 0 Å². The van der Waals surface area contributed by atoms with Gasteiger partial charge >= 0.3 is 0 Å². The highest BCUT2D eigenvalue weighted by Gasteiger charge is 2.35. The molecule has 0 saturated heterocycles. The van der Waals surface area contributed by atoms with Crippen molar-refractivity contribution in [3.63, 3.8) is 0 Å². The topological polar surface area (TPSA) is 0 Å². The van der Waals surface area contributed by atoms with Crippen LogP contribution < -0.4 is 0 Å². The molecule has 0 rings (SSSR count). The minimum absolute atomic E-state index is 0.279. The van der Waals surface area contributed by atoms with Gasteiger partial charge in [-0.25, -0.2) is 13.2 Å². The van der Waals surface area contributed by atoms with Gasteiger partial charge < -0.3 is 0 Å². The van der Waals surface area contributed by atoms with E-state index in [9.17, 15) is 13.2 Å². The summed E-state index contributed by atoms with van der Waals surface area (Å²) in [6.07, 6.45) is -1.73. The fourth-order valence-electron chi connectivity index (χ4n) is 0.560.